The van der Waals surface area contributed by atoms with E-state index in [4.69, 9.17) is 14.1 Å². The number of rotatable bonds is 7. The van der Waals surface area contributed by atoms with Crippen molar-refractivity contribution in [1.29, 1.82) is 0 Å². The fourth-order valence-electron chi connectivity index (χ4n) is 4.34. The van der Waals surface area contributed by atoms with Crippen molar-refractivity contribution in [3.63, 3.8) is 0 Å². The molecule has 4 heteroatoms. The number of ether oxygens (including phenoxy) is 1. The van der Waals surface area contributed by atoms with Crippen molar-refractivity contribution in [2.45, 2.75) is 81.8 Å². The van der Waals surface area contributed by atoms with Crippen LogP contribution in [0.5, 0.6) is 0 Å². The molecule has 1 aromatic carbocycles. The van der Waals surface area contributed by atoms with Gasteiger partial charge in [-0.25, -0.2) is 4.98 Å². The van der Waals surface area contributed by atoms with Gasteiger partial charge in [0.2, 0.25) is 0 Å². The molecule has 1 aromatic heterocycles. The predicted molar refractivity (Wildman–Crippen MR) is 103 cm³/mol. The third-order valence-electron chi connectivity index (χ3n) is 6.80. The van der Waals surface area contributed by atoms with E-state index in [2.05, 4.69) is 31.3 Å². The van der Waals surface area contributed by atoms with E-state index < -0.39 is 0 Å². The zero-order valence-electron chi connectivity index (χ0n) is 16.2. The molecule has 0 amide bonds. The summed E-state index contributed by atoms with van der Waals surface area (Å²) in [5, 5.41) is 3.88. The second-order valence-electron chi connectivity index (χ2n) is 9.07. The Hall–Kier alpha value is -1.39. The van der Waals surface area contributed by atoms with Crippen LogP contribution in [0.25, 0.3) is 11.1 Å². The molecule has 0 unspecified atom stereocenters. The highest BCUT2D eigenvalue weighted by atomic mass is 16.5. The van der Waals surface area contributed by atoms with Gasteiger partial charge in [-0.2, -0.15) is 0 Å². The van der Waals surface area contributed by atoms with Crippen molar-refractivity contribution < 1.29 is 9.15 Å². The first-order chi connectivity index (χ1) is 12.5. The third-order valence-corrected chi connectivity index (χ3v) is 6.80. The Balaban J connectivity index is 1.48. The number of hydrogen-bond donors (Lipinski definition) is 1. The predicted octanol–water partition coefficient (Wildman–Crippen LogP) is 4.98. The van der Waals surface area contributed by atoms with Gasteiger partial charge in [0.25, 0.3) is 0 Å². The summed E-state index contributed by atoms with van der Waals surface area (Å²) in [6.45, 7) is 5.25. The first-order valence-electron chi connectivity index (χ1n) is 10.3. The largest absolute Gasteiger partial charge is 0.440 e. The number of benzene rings is 1. The molecule has 0 saturated heterocycles. The number of aromatic nitrogens is 1. The summed E-state index contributed by atoms with van der Waals surface area (Å²) in [6.07, 6.45) is 8.62. The fourth-order valence-corrected chi connectivity index (χ4v) is 4.34. The lowest BCUT2D eigenvalue weighted by molar-refractivity contribution is -0.0715. The second-order valence-corrected chi connectivity index (χ2v) is 9.07. The molecule has 2 aromatic rings. The van der Waals surface area contributed by atoms with Crippen LogP contribution in [0.4, 0.5) is 0 Å². The summed E-state index contributed by atoms with van der Waals surface area (Å²) in [7, 11) is 1.86. The van der Waals surface area contributed by atoms with Crippen molar-refractivity contribution in [2.75, 3.05) is 13.7 Å². The quantitative estimate of drug-likeness (QED) is 0.762. The van der Waals surface area contributed by atoms with E-state index in [-0.39, 0.29) is 11.1 Å². The van der Waals surface area contributed by atoms with E-state index >= 15 is 0 Å². The molecular weight excluding hydrogens is 324 g/mol. The van der Waals surface area contributed by atoms with E-state index in [1.807, 2.05) is 7.11 Å². The molecule has 3 saturated carbocycles. The molecular formula is C22H30N2O2. The molecule has 0 bridgehead atoms. The first kappa shape index (κ1) is 16.8. The first-order valence-corrected chi connectivity index (χ1v) is 10.3. The highest BCUT2D eigenvalue weighted by Crippen LogP contribution is 2.51. The van der Waals surface area contributed by atoms with E-state index in [1.165, 1.54) is 56.1 Å². The van der Waals surface area contributed by atoms with Gasteiger partial charge in [-0.15, -0.1) is 0 Å². The van der Waals surface area contributed by atoms with Gasteiger partial charge in [-0.1, -0.05) is 13.8 Å². The molecule has 0 radical (unpaired) electrons. The number of nitrogens with one attached hydrogen (secondary N) is 1. The van der Waals surface area contributed by atoms with Crippen LogP contribution >= 0.6 is 0 Å². The molecule has 4 nitrogen and oxygen atoms in total. The molecule has 3 fully saturated rings. The van der Waals surface area contributed by atoms with Crippen molar-refractivity contribution in [2.24, 2.45) is 0 Å². The smallest absolute Gasteiger partial charge is 0.198 e. The van der Waals surface area contributed by atoms with E-state index in [0.29, 0.717) is 11.8 Å². The van der Waals surface area contributed by atoms with Crippen LogP contribution in [0.3, 0.4) is 0 Å². The van der Waals surface area contributed by atoms with Crippen LogP contribution in [0.2, 0.25) is 0 Å². The van der Waals surface area contributed by atoms with Crippen LogP contribution in [0.1, 0.15) is 87.6 Å². The molecule has 0 atom stereocenters. The molecule has 140 valence electrons. The number of fused-ring (bicyclic) bond motifs is 1. The standard InChI is InChI=1S/C22H30N2O2/c1-14(2)20-24-18-12-16(11-17(15-5-6-15)19(18)26-20)22(9-10-22)23-13-21(25-3)7-4-8-21/h11-12,14-15,23H,4-10,13H2,1-3H3. The number of hydrogen-bond acceptors (Lipinski definition) is 4. The van der Waals surface area contributed by atoms with Crippen molar-refractivity contribution in [3.8, 4) is 0 Å². The number of methoxy groups -OCH3 is 1. The lowest BCUT2D eigenvalue weighted by Crippen LogP contribution is -2.50. The minimum absolute atomic E-state index is 0.0672. The Morgan fingerprint density at radius 3 is 2.54 bits per heavy atom. The molecule has 0 aliphatic heterocycles. The summed E-state index contributed by atoms with van der Waals surface area (Å²) >= 11 is 0. The maximum absolute atomic E-state index is 6.16. The van der Waals surface area contributed by atoms with Gasteiger partial charge in [0, 0.05) is 30.7 Å². The Morgan fingerprint density at radius 1 is 1.23 bits per heavy atom. The van der Waals surface area contributed by atoms with Crippen LogP contribution in [0, 0.1) is 0 Å². The van der Waals surface area contributed by atoms with E-state index in [1.54, 1.807) is 0 Å². The third kappa shape index (κ3) is 2.69. The fraction of sp³-hybridized carbons (Fsp3) is 0.682. The second kappa shape index (κ2) is 5.80. The number of nitrogens with zero attached hydrogens (tertiary/aromatic N) is 1. The minimum atomic E-state index is 0.0672. The maximum Gasteiger partial charge on any atom is 0.198 e. The highest BCUT2D eigenvalue weighted by Gasteiger charge is 2.48. The monoisotopic (exact) mass is 354 g/mol. The van der Waals surface area contributed by atoms with Gasteiger partial charge in [0.15, 0.2) is 11.5 Å². The molecule has 1 heterocycles. The van der Waals surface area contributed by atoms with Crippen LogP contribution < -0.4 is 5.32 Å². The molecule has 26 heavy (non-hydrogen) atoms. The summed E-state index contributed by atoms with van der Waals surface area (Å²) in [5.74, 6) is 1.86. The Kier molecular flexibility index (Phi) is 3.74. The molecule has 5 rings (SSSR count). The molecule has 0 spiro atoms. The molecule has 3 aliphatic rings. The van der Waals surface area contributed by atoms with Crippen LogP contribution in [0.15, 0.2) is 16.5 Å². The van der Waals surface area contributed by atoms with Crippen molar-refractivity contribution in [1.82, 2.24) is 10.3 Å². The zero-order valence-corrected chi connectivity index (χ0v) is 16.2. The van der Waals surface area contributed by atoms with Gasteiger partial charge >= 0.3 is 0 Å². The van der Waals surface area contributed by atoms with Gasteiger partial charge in [0.1, 0.15) is 5.52 Å². The van der Waals surface area contributed by atoms with Gasteiger partial charge in [0.05, 0.1) is 5.60 Å². The topological polar surface area (TPSA) is 47.3 Å². The molecule has 3 aliphatic carbocycles. The van der Waals surface area contributed by atoms with Crippen LogP contribution in [-0.2, 0) is 10.3 Å². The van der Waals surface area contributed by atoms with Crippen LogP contribution in [-0.4, -0.2) is 24.2 Å². The SMILES string of the molecule is COC1(CNC2(c3cc(C4CC4)c4oc(C(C)C)nc4c3)CC2)CCC1. The Labute approximate surface area is 155 Å². The van der Waals surface area contributed by atoms with Gasteiger partial charge in [-0.3, -0.25) is 0 Å². The van der Waals surface area contributed by atoms with Crippen molar-refractivity contribution in [3.05, 3.63) is 29.2 Å². The lowest BCUT2D eigenvalue weighted by Gasteiger charge is -2.41. The lowest BCUT2D eigenvalue weighted by atomic mass is 9.79. The Morgan fingerprint density at radius 2 is 2.00 bits per heavy atom. The Bertz CT molecular complexity index is 821. The van der Waals surface area contributed by atoms with Gasteiger partial charge in [-0.05, 0) is 68.6 Å². The van der Waals surface area contributed by atoms with E-state index in [0.717, 1.165) is 23.5 Å². The van der Waals surface area contributed by atoms with E-state index in [9.17, 15) is 0 Å². The summed E-state index contributed by atoms with van der Waals surface area (Å²) in [5.41, 5.74) is 5.05. The zero-order chi connectivity index (χ0) is 17.9. The summed E-state index contributed by atoms with van der Waals surface area (Å²) < 4.78 is 12.0. The van der Waals surface area contributed by atoms with Gasteiger partial charge < -0.3 is 14.5 Å². The van der Waals surface area contributed by atoms with Crippen molar-refractivity contribution >= 4 is 11.1 Å². The summed E-state index contributed by atoms with van der Waals surface area (Å²) in [4.78, 5) is 4.82. The normalized spacial score (nSPS) is 23.4. The maximum atomic E-state index is 6.16. The molecule has 1 N–H and O–H groups in total. The number of oxazole rings is 1. The highest BCUT2D eigenvalue weighted by molar-refractivity contribution is 5.79. The average Bonchev–Trinajstić information content (AvgIpc) is 3.51. The minimum Gasteiger partial charge on any atom is -0.440 e. The summed E-state index contributed by atoms with van der Waals surface area (Å²) in [6, 6.07) is 4.69. The average molecular weight is 354 g/mol.